The number of unbranched alkanes of at least 4 members (excludes halogenated alkanes) is 5. The van der Waals surface area contributed by atoms with Crippen molar-refractivity contribution in [1.29, 1.82) is 0 Å². The molecule has 0 fully saturated rings. The Kier molecular flexibility index (Phi) is 11.7. The number of hydrogen-bond acceptors (Lipinski definition) is 1. The monoisotopic (exact) mass is 187 g/mol. The van der Waals surface area contributed by atoms with Crippen molar-refractivity contribution in [2.75, 3.05) is 11.5 Å². The minimum absolute atomic E-state index is 1.11. The van der Waals surface area contributed by atoms with Gasteiger partial charge in [-0.3, -0.25) is 0 Å². The lowest BCUT2D eigenvalue weighted by Gasteiger charge is -2.00. The molecule has 0 rings (SSSR count). The molecule has 1 heteroatoms. The zero-order valence-corrected chi connectivity index (χ0v) is 9.30. The summed E-state index contributed by atoms with van der Waals surface area (Å²) in [5, 5.41) is 0. The second kappa shape index (κ2) is 11.4. The Hall–Kier alpha value is 0.350. The van der Waals surface area contributed by atoms with E-state index >= 15 is 0 Å². The van der Waals surface area contributed by atoms with Gasteiger partial charge in [-0.25, -0.2) is 0 Å². The average Bonchev–Trinajstić information content (AvgIpc) is 2.10. The maximum Gasteiger partial charge on any atom is -0.00675 e. The van der Waals surface area contributed by atoms with E-state index in [9.17, 15) is 0 Å². The Balaban J connectivity index is 2.73. The Bertz CT molecular complexity index is 61.4. The fourth-order valence-electron chi connectivity index (χ4n) is 1.11. The van der Waals surface area contributed by atoms with Crippen molar-refractivity contribution in [3.05, 3.63) is 6.92 Å². The largest absolute Gasteiger partial charge is 0.162 e. The predicted octanol–water partition coefficient (Wildman–Crippen LogP) is 4.30. The average molecular weight is 187 g/mol. The lowest BCUT2D eigenvalue weighted by molar-refractivity contribution is 0.731. The van der Waals surface area contributed by atoms with Crippen molar-refractivity contribution in [3.8, 4) is 0 Å². The Morgan fingerprint density at radius 3 is 2.17 bits per heavy atom. The highest BCUT2D eigenvalue weighted by molar-refractivity contribution is 7.99. The van der Waals surface area contributed by atoms with Gasteiger partial charge in [0, 0.05) is 0 Å². The zero-order chi connectivity index (χ0) is 9.07. The van der Waals surface area contributed by atoms with Gasteiger partial charge in [0.05, 0.1) is 0 Å². The minimum Gasteiger partial charge on any atom is -0.162 e. The molecule has 0 unspecified atom stereocenters. The number of rotatable bonds is 9. The molecule has 0 spiro atoms. The van der Waals surface area contributed by atoms with Crippen LogP contribution in [0.15, 0.2) is 0 Å². The van der Waals surface area contributed by atoms with Gasteiger partial charge in [-0.2, -0.15) is 11.8 Å². The number of thioether (sulfide) groups is 1. The summed E-state index contributed by atoms with van der Waals surface area (Å²) < 4.78 is 0. The Labute approximate surface area is 82.5 Å². The molecular formula is C11H23S. The first-order chi connectivity index (χ1) is 5.91. The van der Waals surface area contributed by atoms with Crippen LogP contribution in [0.25, 0.3) is 0 Å². The van der Waals surface area contributed by atoms with E-state index in [0.717, 1.165) is 6.42 Å². The third-order valence-electron chi connectivity index (χ3n) is 1.93. The quantitative estimate of drug-likeness (QED) is 0.485. The van der Waals surface area contributed by atoms with Gasteiger partial charge in [-0.05, 0) is 24.3 Å². The standard InChI is InChI=1S/C11H23S/c1-3-5-7-9-11-12-10-8-6-4-2/h1,3-11H2,2H3. The van der Waals surface area contributed by atoms with Crippen LogP contribution in [-0.2, 0) is 0 Å². The van der Waals surface area contributed by atoms with Crippen molar-refractivity contribution in [1.82, 2.24) is 0 Å². The molecule has 0 saturated carbocycles. The summed E-state index contributed by atoms with van der Waals surface area (Å²) in [5.74, 6) is 2.74. The molecule has 0 bridgehead atoms. The van der Waals surface area contributed by atoms with Gasteiger partial charge in [-0.1, -0.05) is 46.0 Å². The highest BCUT2D eigenvalue weighted by Gasteiger charge is 1.90. The molecule has 0 atom stereocenters. The molecule has 0 aromatic rings. The van der Waals surface area contributed by atoms with Crippen molar-refractivity contribution in [2.45, 2.75) is 51.9 Å². The van der Waals surface area contributed by atoms with Crippen LogP contribution in [0.2, 0.25) is 0 Å². The SMILES string of the molecule is [CH2]CCCCCSCCCCC. The first-order valence-electron chi connectivity index (χ1n) is 5.28. The van der Waals surface area contributed by atoms with Crippen LogP contribution in [-0.4, -0.2) is 11.5 Å². The van der Waals surface area contributed by atoms with Gasteiger partial charge in [-0.15, -0.1) is 0 Å². The highest BCUT2D eigenvalue weighted by Crippen LogP contribution is 2.10. The van der Waals surface area contributed by atoms with Crippen molar-refractivity contribution >= 4 is 11.8 Å². The molecule has 0 saturated heterocycles. The minimum atomic E-state index is 1.11. The molecule has 0 aliphatic heterocycles. The Morgan fingerprint density at radius 1 is 0.917 bits per heavy atom. The molecule has 12 heavy (non-hydrogen) atoms. The van der Waals surface area contributed by atoms with E-state index in [0.29, 0.717) is 0 Å². The lowest BCUT2D eigenvalue weighted by Crippen LogP contribution is -1.84. The van der Waals surface area contributed by atoms with Crippen LogP contribution in [0.5, 0.6) is 0 Å². The van der Waals surface area contributed by atoms with Gasteiger partial charge in [0.25, 0.3) is 0 Å². The van der Waals surface area contributed by atoms with E-state index in [-0.39, 0.29) is 0 Å². The summed E-state index contributed by atoms with van der Waals surface area (Å²) in [6.45, 7) is 6.10. The van der Waals surface area contributed by atoms with E-state index in [2.05, 4.69) is 25.6 Å². The first kappa shape index (κ1) is 12.3. The predicted molar refractivity (Wildman–Crippen MR) is 60.7 cm³/mol. The smallest absolute Gasteiger partial charge is 0.00675 e. The summed E-state index contributed by atoms with van der Waals surface area (Å²) in [6.07, 6.45) is 9.37. The summed E-state index contributed by atoms with van der Waals surface area (Å²) in [4.78, 5) is 0. The van der Waals surface area contributed by atoms with Crippen LogP contribution >= 0.6 is 11.8 Å². The van der Waals surface area contributed by atoms with E-state index in [4.69, 9.17) is 0 Å². The second-order valence-electron chi connectivity index (χ2n) is 3.23. The summed E-state index contributed by atoms with van der Waals surface area (Å²) >= 11 is 2.12. The van der Waals surface area contributed by atoms with Crippen LogP contribution in [0.1, 0.15) is 51.9 Å². The molecule has 0 aliphatic carbocycles. The first-order valence-corrected chi connectivity index (χ1v) is 6.44. The Morgan fingerprint density at radius 2 is 1.58 bits per heavy atom. The second-order valence-corrected chi connectivity index (χ2v) is 4.46. The molecule has 1 radical (unpaired) electrons. The van der Waals surface area contributed by atoms with E-state index < -0.39 is 0 Å². The van der Waals surface area contributed by atoms with Gasteiger partial charge in [0.15, 0.2) is 0 Å². The van der Waals surface area contributed by atoms with E-state index in [1.807, 2.05) is 0 Å². The van der Waals surface area contributed by atoms with E-state index in [1.54, 1.807) is 0 Å². The third-order valence-corrected chi connectivity index (χ3v) is 3.09. The van der Waals surface area contributed by atoms with Crippen LogP contribution < -0.4 is 0 Å². The fraction of sp³-hybridized carbons (Fsp3) is 0.909. The molecule has 0 aromatic heterocycles. The maximum atomic E-state index is 3.84. The van der Waals surface area contributed by atoms with Gasteiger partial charge in [0.2, 0.25) is 0 Å². The van der Waals surface area contributed by atoms with Crippen molar-refractivity contribution in [3.63, 3.8) is 0 Å². The fourth-order valence-corrected chi connectivity index (χ4v) is 2.13. The third kappa shape index (κ3) is 10.3. The van der Waals surface area contributed by atoms with E-state index in [1.165, 1.54) is 50.0 Å². The van der Waals surface area contributed by atoms with Gasteiger partial charge >= 0.3 is 0 Å². The van der Waals surface area contributed by atoms with Crippen LogP contribution in [0.3, 0.4) is 0 Å². The van der Waals surface area contributed by atoms with Gasteiger partial charge in [0.1, 0.15) is 0 Å². The van der Waals surface area contributed by atoms with Crippen molar-refractivity contribution < 1.29 is 0 Å². The zero-order valence-electron chi connectivity index (χ0n) is 8.48. The van der Waals surface area contributed by atoms with Crippen LogP contribution in [0, 0.1) is 6.92 Å². The van der Waals surface area contributed by atoms with Crippen molar-refractivity contribution in [2.24, 2.45) is 0 Å². The summed E-state index contributed by atoms with van der Waals surface area (Å²) in [5.41, 5.74) is 0. The molecule has 0 aromatic carbocycles. The molecule has 73 valence electrons. The lowest BCUT2D eigenvalue weighted by atomic mass is 10.2. The molecule has 0 nitrogen and oxygen atoms in total. The normalized spacial score (nSPS) is 10.5. The maximum absolute atomic E-state index is 3.84. The van der Waals surface area contributed by atoms with Crippen LogP contribution in [0.4, 0.5) is 0 Å². The molecule has 0 heterocycles. The van der Waals surface area contributed by atoms with Gasteiger partial charge < -0.3 is 0 Å². The number of hydrogen-bond donors (Lipinski definition) is 0. The molecular weight excluding hydrogens is 164 g/mol. The highest BCUT2D eigenvalue weighted by atomic mass is 32.2. The topological polar surface area (TPSA) is 0 Å². The summed E-state index contributed by atoms with van der Waals surface area (Å²) in [7, 11) is 0. The molecule has 0 aliphatic rings. The molecule has 0 N–H and O–H groups in total. The summed E-state index contributed by atoms with van der Waals surface area (Å²) in [6, 6.07) is 0. The molecule has 0 amide bonds.